The molecule has 0 saturated carbocycles. The summed E-state index contributed by atoms with van der Waals surface area (Å²) in [4.78, 5) is 21.6. The minimum Gasteiger partial charge on any atom is -0.481 e. The Hall–Kier alpha value is -3.69. The van der Waals surface area contributed by atoms with Crippen LogP contribution in [0.15, 0.2) is 36.7 Å². The number of piperidine rings is 1. The Morgan fingerprint density at radius 1 is 1.05 bits per heavy atom. The Bertz CT molecular complexity index is 1250. The largest absolute Gasteiger partial charge is 0.481 e. The lowest BCUT2D eigenvalue weighted by Gasteiger charge is -2.42. The number of pyridine rings is 1. The average Bonchev–Trinajstić information content (AvgIpc) is 3.42. The first-order valence-corrected chi connectivity index (χ1v) is 12.8. The summed E-state index contributed by atoms with van der Waals surface area (Å²) in [6, 6.07) is 8.48. The maximum atomic E-state index is 12.8. The van der Waals surface area contributed by atoms with Gasteiger partial charge in [0.15, 0.2) is 5.82 Å². The van der Waals surface area contributed by atoms with Crippen LogP contribution in [0.3, 0.4) is 0 Å². The van der Waals surface area contributed by atoms with Crippen LogP contribution in [0.2, 0.25) is 0 Å². The Labute approximate surface area is 217 Å². The number of nitrogens with zero attached hydrogens (tertiary/aromatic N) is 7. The number of anilines is 1. The lowest BCUT2D eigenvalue weighted by molar-refractivity contribution is 0.00597. The van der Waals surface area contributed by atoms with E-state index in [1.54, 1.807) is 18.0 Å². The number of amides is 1. The van der Waals surface area contributed by atoms with E-state index in [2.05, 4.69) is 32.2 Å². The van der Waals surface area contributed by atoms with Gasteiger partial charge in [-0.3, -0.25) is 4.68 Å². The van der Waals surface area contributed by atoms with Crippen LogP contribution in [-0.2, 0) is 11.8 Å². The SMILES string of the molecule is COc1nc(-c2ccc(N(C)C3CC4CCC(C3)N4C(=O)OC(C)(C)C)nn2)ccc1-c1cnn(C)c1. The molecule has 3 aromatic rings. The van der Waals surface area contributed by atoms with Crippen molar-refractivity contribution in [1.29, 1.82) is 0 Å². The number of hydrogen-bond donors (Lipinski definition) is 0. The molecule has 5 rings (SSSR count). The van der Waals surface area contributed by atoms with Crippen LogP contribution in [0.25, 0.3) is 22.5 Å². The van der Waals surface area contributed by atoms with Crippen LogP contribution in [0.5, 0.6) is 5.88 Å². The van der Waals surface area contributed by atoms with Gasteiger partial charge < -0.3 is 19.3 Å². The van der Waals surface area contributed by atoms with Gasteiger partial charge >= 0.3 is 6.09 Å². The zero-order chi connectivity index (χ0) is 26.3. The first-order valence-electron chi connectivity index (χ1n) is 12.8. The zero-order valence-corrected chi connectivity index (χ0v) is 22.4. The van der Waals surface area contributed by atoms with Crippen LogP contribution >= 0.6 is 0 Å². The van der Waals surface area contributed by atoms with E-state index in [4.69, 9.17) is 9.47 Å². The summed E-state index contributed by atoms with van der Waals surface area (Å²) >= 11 is 0. The molecule has 3 aromatic heterocycles. The van der Waals surface area contributed by atoms with Crippen molar-refractivity contribution < 1.29 is 14.3 Å². The van der Waals surface area contributed by atoms with E-state index < -0.39 is 5.60 Å². The predicted octanol–water partition coefficient (Wildman–Crippen LogP) is 4.31. The van der Waals surface area contributed by atoms with Crippen molar-refractivity contribution in [2.45, 2.75) is 70.2 Å². The van der Waals surface area contributed by atoms with E-state index in [0.29, 0.717) is 17.3 Å². The number of rotatable bonds is 5. The highest BCUT2D eigenvalue weighted by molar-refractivity contribution is 5.71. The predicted molar refractivity (Wildman–Crippen MR) is 140 cm³/mol. The third kappa shape index (κ3) is 5.10. The second-order valence-corrected chi connectivity index (χ2v) is 10.9. The van der Waals surface area contributed by atoms with Gasteiger partial charge in [-0.05, 0) is 70.7 Å². The topological polar surface area (TPSA) is 98.5 Å². The molecule has 196 valence electrons. The smallest absolute Gasteiger partial charge is 0.410 e. The lowest BCUT2D eigenvalue weighted by Crippen LogP contribution is -2.53. The molecule has 2 bridgehead atoms. The molecule has 2 saturated heterocycles. The molecule has 0 N–H and O–H groups in total. The molecule has 10 heteroatoms. The van der Waals surface area contributed by atoms with Gasteiger partial charge in [0.05, 0.1) is 19.0 Å². The second kappa shape index (κ2) is 9.64. The highest BCUT2D eigenvalue weighted by atomic mass is 16.6. The molecule has 2 aliphatic rings. The molecule has 2 fully saturated rings. The first-order chi connectivity index (χ1) is 17.6. The fraction of sp³-hybridized carbons (Fsp3) is 0.519. The summed E-state index contributed by atoms with van der Waals surface area (Å²) in [6.07, 6.45) is 7.33. The molecular weight excluding hydrogens is 470 g/mol. The van der Waals surface area contributed by atoms with Gasteiger partial charge in [-0.1, -0.05) is 0 Å². The van der Waals surface area contributed by atoms with Crippen molar-refractivity contribution in [2.24, 2.45) is 7.05 Å². The number of aryl methyl sites for hydroxylation is 1. The van der Waals surface area contributed by atoms with Gasteiger partial charge in [0.25, 0.3) is 0 Å². The van der Waals surface area contributed by atoms with E-state index in [1.807, 2.05) is 63.2 Å². The molecule has 0 aliphatic carbocycles. The third-order valence-corrected chi connectivity index (χ3v) is 7.20. The Balaban J connectivity index is 1.28. The molecule has 2 atom stereocenters. The fourth-order valence-corrected chi connectivity index (χ4v) is 5.43. The quantitative estimate of drug-likeness (QED) is 0.506. The number of ether oxygens (including phenoxy) is 2. The van der Waals surface area contributed by atoms with Crippen molar-refractivity contribution in [3.63, 3.8) is 0 Å². The normalized spacial score (nSPS) is 21.1. The molecule has 0 aromatic carbocycles. The highest BCUT2D eigenvalue weighted by Crippen LogP contribution is 2.39. The Morgan fingerprint density at radius 3 is 2.32 bits per heavy atom. The number of carbonyl (C=O) groups excluding carboxylic acids is 1. The number of carbonyl (C=O) groups is 1. The highest BCUT2D eigenvalue weighted by Gasteiger charge is 2.45. The number of fused-ring (bicyclic) bond motifs is 2. The monoisotopic (exact) mass is 505 g/mol. The van der Waals surface area contributed by atoms with Gasteiger partial charge in [0, 0.05) is 49.5 Å². The van der Waals surface area contributed by atoms with Crippen LogP contribution in [0, 0.1) is 0 Å². The van der Waals surface area contributed by atoms with Gasteiger partial charge in [-0.15, -0.1) is 10.2 Å². The summed E-state index contributed by atoms with van der Waals surface area (Å²) in [7, 11) is 5.54. The van der Waals surface area contributed by atoms with Crippen LogP contribution in [-0.4, -0.2) is 73.8 Å². The van der Waals surface area contributed by atoms with E-state index in [-0.39, 0.29) is 24.2 Å². The first kappa shape index (κ1) is 25.0. The second-order valence-electron chi connectivity index (χ2n) is 10.9. The van der Waals surface area contributed by atoms with E-state index >= 15 is 0 Å². The maximum Gasteiger partial charge on any atom is 0.410 e. The minimum atomic E-state index is -0.487. The Kier molecular flexibility index (Phi) is 6.51. The molecule has 37 heavy (non-hydrogen) atoms. The zero-order valence-electron chi connectivity index (χ0n) is 22.4. The lowest BCUT2D eigenvalue weighted by atomic mass is 9.96. The van der Waals surface area contributed by atoms with Crippen LogP contribution < -0.4 is 9.64 Å². The van der Waals surface area contributed by atoms with Crippen molar-refractivity contribution in [3.05, 3.63) is 36.7 Å². The Morgan fingerprint density at radius 2 is 1.76 bits per heavy atom. The van der Waals surface area contributed by atoms with Gasteiger partial charge in [-0.2, -0.15) is 5.10 Å². The third-order valence-electron chi connectivity index (χ3n) is 7.20. The summed E-state index contributed by atoms with van der Waals surface area (Å²) in [5, 5.41) is 13.2. The molecule has 0 spiro atoms. The molecular formula is C27H35N7O3. The molecule has 10 nitrogen and oxygen atoms in total. The van der Waals surface area contributed by atoms with Gasteiger partial charge in [0.1, 0.15) is 11.3 Å². The van der Waals surface area contributed by atoms with Crippen LogP contribution in [0.1, 0.15) is 46.5 Å². The van der Waals surface area contributed by atoms with E-state index in [9.17, 15) is 4.79 Å². The standard InChI is InChI=1S/C27H35N7O3/c1-27(2,3)37-26(35)34-18-7-8-19(34)14-20(13-18)33(5)24-12-11-23(30-31-24)22-10-9-21(25(29-22)36-6)17-15-28-32(4)16-17/h9-12,15-16,18-20H,7-8,13-14H2,1-6H3. The van der Waals surface area contributed by atoms with Gasteiger partial charge in [0.2, 0.25) is 5.88 Å². The summed E-state index contributed by atoms with van der Waals surface area (Å²) in [5.41, 5.74) is 2.69. The van der Waals surface area contributed by atoms with E-state index in [0.717, 1.165) is 42.6 Å². The summed E-state index contributed by atoms with van der Waals surface area (Å²) < 4.78 is 13.0. The van der Waals surface area contributed by atoms with Crippen molar-refractivity contribution in [3.8, 4) is 28.4 Å². The molecule has 5 heterocycles. The van der Waals surface area contributed by atoms with Crippen molar-refractivity contribution in [2.75, 3.05) is 19.1 Å². The molecule has 1 amide bonds. The van der Waals surface area contributed by atoms with Crippen molar-refractivity contribution >= 4 is 11.9 Å². The van der Waals surface area contributed by atoms with Crippen molar-refractivity contribution in [1.82, 2.24) is 29.9 Å². The van der Waals surface area contributed by atoms with Crippen LogP contribution in [0.4, 0.5) is 10.6 Å². The maximum absolute atomic E-state index is 12.8. The number of hydrogen-bond acceptors (Lipinski definition) is 8. The number of aromatic nitrogens is 5. The summed E-state index contributed by atoms with van der Waals surface area (Å²) in [5.74, 6) is 1.32. The number of methoxy groups -OCH3 is 1. The average molecular weight is 506 g/mol. The minimum absolute atomic E-state index is 0.192. The fourth-order valence-electron chi connectivity index (χ4n) is 5.43. The molecule has 2 aliphatic heterocycles. The molecule has 2 unspecified atom stereocenters. The molecule has 0 radical (unpaired) electrons. The van der Waals surface area contributed by atoms with Gasteiger partial charge in [-0.25, -0.2) is 9.78 Å². The van der Waals surface area contributed by atoms with E-state index in [1.165, 1.54) is 0 Å². The summed E-state index contributed by atoms with van der Waals surface area (Å²) in [6.45, 7) is 5.74.